The summed E-state index contributed by atoms with van der Waals surface area (Å²) >= 11 is 12.2. The molecule has 1 aliphatic carbocycles. The highest BCUT2D eigenvalue weighted by Crippen LogP contribution is 2.38. The fourth-order valence-electron chi connectivity index (χ4n) is 2.70. The molecule has 1 aliphatic rings. The fourth-order valence-corrected chi connectivity index (χ4v) is 3.09. The average Bonchev–Trinajstić information content (AvgIpc) is 2.96. The molecule has 21 heavy (non-hydrogen) atoms. The number of benzene rings is 1. The van der Waals surface area contributed by atoms with Gasteiger partial charge in [0.05, 0.1) is 21.1 Å². The Balaban J connectivity index is 1.92. The van der Waals surface area contributed by atoms with Crippen LogP contribution in [-0.4, -0.2) is 10.1 Å². The van der Waals surface area contributed by atoms with Crippen LogP contribution in [0.15, 0.2) is 22.7 Å². The molecule has 0 spiro atoms. The number of nitrogens with zero attached hydrogens (tertiary/aromatic N) is 2. The number of aromatic nitrogens is 2. The highest BCUT2D eigenvalue weighted by atomic mass is 35.5. The van der Waals surface area contributed by atoms with Gasteiger partial charge in [-0.3, -0.25) is 0 Å². The number of hydrogen-bond acceptors (Lipinski definition) is 4. The second-order valence-corrected chi connectivity index (χ2v) is 6.65. The van der Waals surface area contributed by atoms with Crippen LogP contribution < -0.4 is 5.73 Å². The van der Waals surface area contributed by atoms with E-state index in [-0.39, 0.29) is 0 Å². The zero-order chi connectivity index (χ0) is 15.0. The molecule has 0 unspecified atom stereocenters. The summed E-state index contributed by atoms with van der Waals surface area (Å²) in [5, 5.41) is 4.95. The van der Waals surface area contributed by atoms with Crippen LogP contribution in [0.1, 0.15) is 38.4 Å². The average molecular weight is 326 g/mol. The van der Waals surface area contributed by atoms with Crippen molar-refractivity contribution in [3.63, 3.8) is 0 Å². The molecule has 1 heterocycles. The van der Waals surface area contributed by atoms with Crippen LogP contribution >= 0.6 is 23.2 Å². The summed E-state index contributed by atoms with van der Waals surface area (Å²) in [6.45, 7) is 2.24. The maximum absolute atomic E-state index is 6.46. The maximum atomic E-state index is 6.46. The molecule has 4 nitrogen and oxygen atoms in total. The van der Waals surface area contributed by atoms with E-state index in [4.69, 9.17) is 33.5 Å². The van der Waals surface area contributed by atoms with Crippen LogP contribution in [0.4, 0.5) is 0 Å². The molecule has 0 bridgehead atoms. The van der Waals surface area contributed by atoms with Crippen molar-refractivity contribution in [2.45, 2.75) is 38.1 Å². The highest BCUT2D eigenvalue weighted by molar-refractivity contribution is 6.43. The van der Waals surface area contributed by atoms with Crippen LogP contribution in [-0.2, 0) is 5.54 Å². The lowest BCUT2D eigenvalue weighted by Gasteiger charge is -2.33. The molecule has 1 aromatic carbocycles. The standard InChI is InChI=1S/C15H17Cl2N3O/c1-9-5-7-15(18,8-6-9)14-19-13(21-20-14)10-3-2-4-11(16)12(10)17/h2-4,9H,5-8,18H2,1H3. The van der Waals surface area contributed by atoms with Crippen molar-refractivity contribution in [3.05, 3.63) is 34.1 Å². The van der Waals surface area contributed by atoms with Crippen LogP contribution in [0.3, 0.4) is 0 Å². The van der Waals surface area contributed by atoms with E-state index < -0.39 is 5.54 Å². The largest absolute Gasteiger partial charge is 0.334 e. The van der Waals surface area contributed by atoms with E-state index >= 15 is 0 Å². The molecule has 3 rings (SSSR count). The third kappa shape index (κ3) is 2.80. The Morgan fingerprint density at radius 1 is 1.29 bits per heavy atom. The van der Waals surface area contributed by atoms with Crippen molar-refractivity contribution in [2.24, 2.45) is 11.7 Å². The van der Waals surface area contributed by atoms with E-state index in [1.807, 2.05) is 0 Å². The first kappa shape index (κ1) is 14.8. The molecule has 0 saturated heterocycles. The SMILES string of the molecule is CC1CCC(N)(c2noc(-c3cccc(Cl)c3Cl)n2)CC1. The summed E-state index contributed by atoms with van der Waals surface area (Å²) in [7, 11) is 0. The summed E-state index contributed by atoms with van der Waals surface area (Å²) in [6, 6.07) is 5.32. The molecule has 1 fully saturated rings. The second kappa shape index (κ2) is 5.59. The summed E-state index contributed by atoms with van der Waals surface area (Å²) in [6.07, 6.45) is 3.91. The zero-order valence-corrected chi connectivity index (χ0v) is 13.3. The predicted molar refractivity (Wildman–Crippen MR) is 83.3 cm³/mol. The minimum Gasteiger partial charge on any atom is -0.334 e. The minimum absolute atomic E-state index is 0.362. The summed E-state index contributed by atoms with van der Waals surface area (Å²) in [5.41, 5.74) is 6.59. The summed E-state index contributed by atoms with van der Waals surface area (Å²) in [5.74, 6) is 1.62. The topological polar surface area (TPSA) is 64.9 Å². The molecule has 1 aromatic heterocycles. The van der Waals surface area contributed by atoms with Gasteiger partial charge in [0, 0.05) is 0 Å². The van der Waals surface area contributed by atoms with E-state index in [9.17, 15) is 0 Å². The summed E-state index contributed by atoms with van der Waals surface area (Å²) in [4.78, 5) is 4.46. The molecule has 112 valence electrons. The highest BCUT2D eigenvalue weighted by Gasteiger charge is 2.36. The molecular formula is C15H17Cl2N3O. The number of rotatable bonds is 2. The Bertz CT molecular complexity index is 648. The third-order valence-corrected chi connectivity index (χ3v) is 5.04. The molecule has 0 atom stereocenters. The van der Waals surface area contributed by atoms with Crippen LogP contribution in [0.25, 0.3) is 11.5 Å². The smallest absolute Gasteiger partial charge is 0.259 e. The van der Waals surface area contributed by atoms with Crippen molar-refractivity contribution in [3.8, 4) is 11.5 Å². The molecule has 6 heteroatoms. The van der Waals surface area contributed by atoms with Gasteiger partial charge in [-0.2, -0.15) is 4.98 Å². The molecule has 0 amide bonds. The molecule has 2 N–H and O–H groups in total. The van der Waals surface area contributed by atoms with Gasteiger partial charge in [-0.1, -0.05) is 41.3 Å². The predicted octanol–water partition coefficient (Wildman–Crippen LogP) is 4.41. The lowest BCUT2D eigenvalue weighted by molar-refractivity contribution is 0.230. The van der Waals surface area contributed by atoms with Crippen LogP contribution in [0, 0.1) is 5.92 Å². The van der Waals surface area contributed by atoms with Gasteiger partial charge in [0.15, 0.2) is 5.82 Å². The Morgan fingerprint density at radius 2 is 2.00 bits per heavy atom. The van der Waals surface area contributed by atoms with E-state index in [1.165, 1.54) is 0 Å². The van der Waals surface area contributed by atoms with Crippen molar-refractivity contribution >= 4 is 23.2 Å². The maximum Gasteiger partial charge on any atom is 0.259 e. The second-order valence-electron chi connectivity index (χ2n) is 5.86. The first-order valence-electron chi connectivity index (χ1n) is 7.07. The van der Waals surface area contributed by atoms with E-state index in [1.54, 1.807) is 18.2 Å². The molecule has 2 aromatic rings. The van der Waals surface area contributed by atoms with E-state index in [0.29, 0.717) is 33.2 Å². The van der Waals surface area contributed by atoms with Gasteiger partial charge in [0.2, 0.25) is 0 Å². The van der Waals surface area contributed by atoms with Gasteiger partial charge in [-0.25, -0.2) is 0 Å². The van der Waals surface area contributed by atoms with Gasteiger partial charge in [0.25, 0.3) is 5.89 Å². The number of hydrogen-bond donors (Lipinski definition) is 1. The molecule has 0 aliphatic heterocycles. The zero-order valence-electron chi connectivity index (χ0n) is 11.8. The number of nitrogens with two attached hydrogens (primary N) is 1. The Kier molecular flexibility index (Phi) is 3.95. The van der Waals surface area contributed by atoms with Crippen LogP contribution in [0.5, 0.6) is 0 Å². The van der Waals surface area contributed by atoms with Crippen molar-refractivity contribution in [1.82, 2.24) is 10.1 Å². The van der Waals surface area contributed by atoms with Crippen molar-refractivity contribution in [2.75, 3.05) is 0 Å². The van der Waals surface area contributed by atoms with E-state index in [2.05, 4.69) is 17.1 Å². The van der Waals surface area contributed by atoms with Gasteiger partial charge in [-0.05, 0) is 43.7 Å². The summed E-state index contributed by atoms with van der Waals surface area (Å²) < 4.78 is 5.35. The Labute approximate surface area is 133 Å². The lowest BCUT2D eigenvalue weighted by Crippen LogP contribution is -2.41. The van der Waals surface area contributed by atoms with Crippen molar-refractivity contribution < 1.29 is 4.52 Å². The van der Waals surface area contributed by atoms with Gasteiger partial charge in [-0.15, -0.1) is 0 Å². The lowest BCUT2D eigenvalue weighted by atomic mass is 9.77. The monoisotopic (exact) mass is 325 g/mol. The third-order valence-electron chi connectivity index (χ3n) is 4.22. The fraction of sp³-hybridized carbons (Fsp3) is 0.467. The van der Waals surface area contributed by atoms with Gasteiger partial charge < -0.3 is 10.3 Å². The molecule has 1 saturated carbocycles. The van der Waals surface area contributed by atoms with E-state index in [0.717, 1.165) is 25.7 Å². The van der Waals surface area contributed by atoms with Crippen LogP contribution in [0.2, 0.25) is 10.0 Å². The minimum atomic E-state index is -0.501. The van der Waals surface area contributed by atoms with Gasteiger partial charge >= 0.3 is 0 Å². The molecule has 0 radical (unpaired) electrons. The Morgan fingerprint density at radius 3 is 2.71 bits per heavy atom. The quantitative estimate of drug-likeness (QED) is 0.888. The van der Waals surface area contributed by atoms with Crippen molar-refractivity contribution in [1.29, 1.82) is 0 Å². The first-order chi connectivity index (χ1) is 9.99. The molecular weight excluding hydrogens is 309 g/mol. The Hall–Kier alpha value is -1.10. The van der Waals surface area contributed by atoms with Gasteiger partial charge in [0.1, 0.15) is 0 Å². The number of halogens is 2. The first-order valence-corrected chi connectivity index (χ1v) is 7.83. The normalized spacial score (nSPS) is 26.0.